The van der Waals surface area contributed by atoms with E-state index in [1.165, 1.54) is 25.5 Å². The van der Waals surface area contributed by atoms with Gasteiger partial charge in [0, 0.05) is 35.7 Å². The lowest BCUT2D eigenvalue weighted by atomic mass is 9.96. The van der Waals surface area contributed by atoms with E-state index in [1.54, 1.807) is 11.3 Å². The fourth-order valence-corrected chi connectivity index (χ4v) is 5.62. The molecule has 3 heterocycles. The van der Waals surface area contributed by atoms with E-state index >= 15 is 0 Å². The van der Waals surface area contributed by atoms with Crippen molar-refractivity contribution < 1.29 is 14.3 Å². The molecule has 2 aliphatic rings. The summed E-state index contributed by atoms with van der Waals surface area (Å²) in [6.07, 6.45) is 4.82. The van der Waals surface area contributed by atoms with Gasteiger partial charge in [0.15, 0.2) is 0 Å². The molecular formula is C26H29N3O3S. The summed E-state index contributed by atoms with van der Waals surface area (Å²) < 4.78 is 10.6. The Kier molecular flexibility index (Phi) is 6.60. The molecule has 7 heteroatoms. The Labute approximate surface area is 198 Å². The first-order chi connectivity index (χ1) is 16.2. The Morgan fingerprint density at radius 2 is 1.82 bits per heavy atom. The van der Waals surface area contributed by atoms with E-state index in [0.29, 0.717) is 30.3 Å². The van der Waals surface area contributed by atoms with Crippen LogP contribution in [0.15, 0.2) is 59.4 Å². The number of methoxy groups -OCH3 is 1. The van der Waals surface area contributed by atoms with Crippen LogP contribution in [-0.2, 0) is 17.9 Å². The number of nitrogens with one attached hydrogen (secondary N) is 1. The Morgan fingerprint density at radius 3 is 2.45 bits per heavy atom. The van der Waals surface area contributed by atoms with Gasteiger partial charge < -0.3 is 14.8 Å². The number of carbonyl (C=O) groups excluding carboxylic acids is 1. The molecular weight excluding hydrogens is 434 g/mol. The van der Waals surface area contributed by atoms with Crippen molar-refractivity contribution in [2.24, 2.45) is 0 Å². The number of rotatable bonds is 8. The lowest BCUT2D eigenvalue weighted by Gasteiger charge is -2.39. The van der Waals surface area contributed by atoms with Crippen molar-refractivity contribution >= 4 is 23.0 Å². The second-order valence-electron chi connectivity index (χ2n) is 8.85. The van der Waals surface area contributed by atoms with Gasteiger partial charge >= 0.3 is 5.97 Å². The molecule has 2 bridgehead atoms. The highest BCUT2D eigenvalue weighted by Gasteiger charge is 2.40. The van der Waals surface area contributed by atoms with E-state index < -0.39 is 0 Å². The fourth-order valence-electron chi connectivity index (χ4n) is 5.07. The van der Waals surface area contributed by atoms with Crippen molar-refractivity contribution in [1.29, 1.82) is 0 Å². The summed E-state index contributed by atoms with van der Waals surface area (Å²) >= 11 is 1.58. The van der Waals surface area contributed by atoms with E-state index in [9.17, 15) is 4.79 Å². The summed E-state index contributed by atoms with van der Waals surface area (Å²) in [4.78, 5) is 18.6. The Hall–Kier alpha value is -2.90. The van der Waals surface area contributed by atoms with Gasteiger partial charge in [0.25, 0.3) is 0 Å². The summed E-state index contributed by atoms with van der Waals surface area (Å²) in [7, 11) is 1.42. The summed E-state index contributed by atoms with van der Waals surface area (Å²) in [5.41, 5.74) is 5.78. The fraction of sp³-hybridized carbons (Fsp3) is 0.385. The summed E-state index contributed by atoms with van der Waals surface area (Å²) in [6.45, 7) is 1.44. The molecule has 2 aliphatic heterocycles. The van der Waals surface area contributed by atoms with E-state index in [0.717, 1.165) is 36.5 Å². The molecule has 6 nitrogen and oxygen atoms in total. The van der Waals surface area contributed by atoms with Gasteiger partial charge in [-0.1, -0.05) is 12.1 Å². The second kappa shape index (κ2) is 9.93. The second-order valence-corrected chi connectivity index (χ2v) is 9.57. The van der Waals surface area contributed by atoms with Gasteiger partial charge in [-0.05, 0) is 67.6 Å². The number of thiazole rings is 1. The number of esters is 1. The average molecular weight is 464 g/mol. The molecule has 5 rings (SSSR count). The number of benzene rings is 2. The van der Waals surface area contributed by atoms with Gasteiger partial charge in [0.05, 0.1) is 23.9 Å². The number of ether oxygens (including phenoxy) is 2. The third-order valence-electron chi connectivity index (χ3n) is 6.72. The zero-order valence-corrected chi connectivity index (χ0v) is 19.6. The van der Waals surface area contributed by atoms with Crippen LogP contribution in [-0.4, -0.2) is 41.1 Å². The van der Waals surface area contributed by atoms with Gasteiger partial charge in [0.1, 0.15) is 12.4 Å². The Morgan fingerprint density at radius 1 is 1.09 bits per heavy atom. The van der Waals surface area contributed by atoms with Crippen molar-refractivity contribution in [3.8, 4) is 5.75 Å². The Bertz CT molecular complexity index is 1040. The van der Waals surface area contributed by atoms with Crippen LogP contribution in [0.4, 0.5) is 5.69 Å². The lowest BCUT2D eigenvalue weighted by molar-refractivity contribution is 0.0600. The number of hydrogen-bond acceptors (Lipinski definition) is 7. The minimum atomic E-state index is -0.285. The minimum Gasteiger partial charge on any atom is -0.487 e. The number of nitrogens with zero attached hydrogens (tertiary/aromatic N) is 2. The molecule has 2 saturated heterocycles. The Balaban J connectivity index is 1.14. The van der Waals surface area contributed by atoms with E-state index in [4.69, 9.17) is 9.47 Å². The predicted octanol–water partition coefficient (Wildman–Crippen LogP) is 5.12. The first-order valence-electron chi connectivity index (χ1n) is 11.5. The number of carbonyl (C=O) groups is 1. The molecule has 1 aromatic heterocycles. The van der Waals surface area contributed by atoms with E-state index in [1.807, 2.05) is 47.3 Å². The molecule has 3 atom stereocenters. The van der Waals surface area contributed by atoms with Crippen molar-refractivity contribution in [2.45, 2.75) is 57.0 Å². The molecule has 0 aliphatic carbocycles. The summed E-state index contributed by atoms with van der Waals surface area (Å²) in [5, 5.41) is 5.75. The van der Waals surface area contributed by atoms with Crippen LogP contribution in [0.3, 0.4) is 0 Å². The van der Waals surface area contributed by atoms with E-state index in [2.05, 4.69) is 27.3 Å². The molecule has 3 aromatic rings. The maximum absolute atomic E-state index is 11.7. The lowest BCUT2D eigenvalue weighted by Crippen LogP contribution is -2.46. The highest BCUT2D eigenvalue weighted by atomic mass is 32.1. The van der Waals surface area contributed by atoms with Gasteiger partial charge in [-0.3, -0.25) is 4.90 Å². The van der Waals surface area contributed by atoms with Crippen LogP contribution in [0.25, 0.3) is 0 Å². The zero-order chi connectivity index (χ0) is 22.6. The molecule has 0 radical (unpaired) electrons. The number of aromatic nitrogens is 1. The van der Waals surface area contributed by atoms with Gasteiger partial charge in [0.2, 0.25) is 0 Å². The van der Waals surface area contributed by atoms with Gasteiger partial charge in [-0.15, -0.1) is 11.3 Å². The van der Waals surface area contributed by atoms with Crippen LogP contribution >= 0.6 is 11.3 Å². The van der Waals surface area contributed by atoms with Gasteiger partial charge in [-0.2, -0.15) is 0 Å². The molecule has 0 spiro atoms. The number of anilines is 1. The first kappa shape index (κ1) is 21.9. The van der Waals surface area contributed by atoms with Gasteiger partial charge in [-0.25, -0.2) is 9.78 Å². The van der Waals surface area contributed by atoms with Crippen molar-refractivity contribution in [3.05, 3.63) is 76.2 Å². The number of hydrogen-bond donors (Lipinski definition) is 1. The van der Waals surface area contributed by atoms with Crippen molar-refractivity contribution in [2.75, 3.05) is 12.4 Å². The molecule has 2 aromatic carbocycles. The molecule has 0 saturated carbocycles. The van der Waals surface area contributed by atoms with Crippen molar-refractivity contribution in [3.63, 3.8) is 0 Å². The van der Waals surface area contributed by atoms with Crippen LogP contribution in [0.2, 0.25) is 0 Å². The summed E-state index contributed by atoms with van der Waals surface area (Å²) in [6, 6.07) is 17.8. The predicted molar refractivity (Wildman–Crippen MR) is 130 cm³/mol. The minimum absolute atomic E-state index is 0.285. The average Bonchev–Trinajstić information content (AvgIpc) is 3.44. The smallest absolute Gasteiger partial charge is 0.337 e. The molecule has 172 valence electrons. The SMILES string of the molecule is COC(=O)c1ccc(CN2[C@@H]3CC[C@H]2C[C@H](Nc2ccc(OCc4cscn4)cc2)C3)cc1. The third kappa shape index (κ3) is 5.20. The van der Waals surface area contributed by atoms with Crippen LogP contribution in [0.1, 0.15) is 47.3 Å². The highest BCUT2D eigenvalue weighted by molar-refractivity contribution is 7.07. The first-order valence-corrected chi connectivity index (χ1v) is 12.4. The highest BCUT2D eigenvalue weighted by Crippen LogP contribution is 2.38. The molecule has 0 amide bonds. The monoisotopic (exact) mass is 463 g/mol. The molecule has 2 fully saturated rings. The maximum Gasteiger partial charge on any atom is 0.337 e. The number of piperidine rings is 1. The molecule has 33 heavy (non-hydrogen) atoms. The largest absolute Gasteiger partial charge is 0.487 e. The standard InChI is InChI=1S/C26H29N3O3S/c1-31-26(30)19-4-2-18(3-5-19)14-29-23-8-9-24(29)13-21(12-23)28-20-6-10-25(11-7-20)32-15-22-16-33-17-27-22/h2-7,10-11,16-17,21,23-24,28H,8-9,12-15H2,1H3/t21-,23-,24+. The van der Waals surface area contributed by atoms with Crippen LogP contribution < -0.4 is 10.1 Å². The maximum atomic E-state index is 11.7. The van der Waals surface area contributed by atoms with Crippen LogP contribution in [0, 0.1) is 0 Å². The molecule has 1 N–H and O–H groups in total. The van der Waals surface area contributed by atoms with Crippen molar-refractivity contribution in [1.82, 2.24) is 9.88 Å². The van der Waals surface area contributed by atoms with E-state index in [-0.39, 0.29) is 5.97 Å². The summed E-state index contributed by atoms with van der Waals surface area (Å²) in [5.74, 6) is 0.578. The zero-order valence-electron chi connectivity index (χ0n) is 18.8. The third-order valence-corrected chi connectivity index (χ3v) is 7.36. The number of fused-ring (bicyclic) bond motifs is 2. The topological polar surface area (TPSA) is 63.7 Å². The quantitative estimate of drug-likeness (QED) is 0.468. The normalized spacial score (nSPS) is 22.2. The van der Waals surface area contributed by atoms with Crippen LogP contribution in [0.5, 0.6) is 5.75 Å². The molecule has 0 unspecified atom stereocenters.